The number of pyridine rings is 1. The van der Waals surface area contributed by atoms with E-state index in [0.29, 0.717) is 0 Å². The third-order valence-electron chi connectivity index (χ3n) is 4.51. The second-order valence-electron chi connectivity index (χ2n) is 5.82. The van der Waals surface area contributed by atoms with Gasteiger partial charge in [0.2, 0.25) is 5.91 Å². The molecule has 1 fully saturated rings. The van der Waals surface area contributed by atoms with E-state index < -0.39 is 6.04 Å². The average molecular weight is 304 g/mol. The molecule has 1 aromatic rings. The van der Waals surface area contributed by atoms with Crippen LogP contribution in [0.5, 0.6) is 0 Å². The lowest BCUT2D eigenvalue weighted by Gasteiger charge is -2.24. The minimum atomic E-state index is -0.553. The lowest BCUT2D eigenvalue weighted by molar-refractivity contribution is -0.147. The molecule has 1 aliphatic carbocycles. The molecular weight excluding hydrogens is 280 g/mol. The molecule has 1 heterocycles. The van der Waals surface area contributed by atoms with Gasteiger partial charge < -0.3 is 10.1 Å². The summed E-state index contributed by atoms with van der Waals surface area (Å²) in [6.45, 7) is 4.04. The van der Waals surface area contributed by atoms with Crippen molar-refractivity contribution in [1.82, 2.24) is 10.3 Å². The Labute approximate surface area is 131 Å². The maximum Gasteiger partial charge on any atom is 0.328 e. The van der Waals surface area contributed by atoms with Gasteiger partial charge in [0.15, 0.2) is 0 Å². The van der Waals surface area contributed by atoms with Gasteiger partial charge in [-0.1, -0.05) is 32.8 Å². The number of nitrogens with zero attached hydrogens (tertiary/aromatic N) is 1. The molecule has 1 N–H and O–H groups in total. The molecule has 0 aromatic carbocycles. The Bertz CT molecular complexity index is 514. The molecule has 0 spiro atoms. The van der Waals surface area contributed by atoms with Gasteiger partial charge in [0, 0.05) is 18.3 Å². The lowest BCUT2D eigenvalue weighted by atomic mass is 9.94. The van der Waals surface area contributed by atoms with Crippen LogP contribution in [-0.4, -0.2) is 30.0 Å². The Morgan fingerprint density at radius 1 is 1.41 bits per heavy atom. The SMILES string of the molecule is CCC(CC)C(NC(=O)C1CC1c1cccnc1)C(=O)OC. The zero-order valence-electron chi connectivity index (χ0n) is 13.4. The van der Waals surface area contributed by atoms with E-state index in [1.807, 2.05) is 26.0 Å². The molecule has 1 aromatic heterocycles. The van der Waals surface area contributed by atoms with Crippen molar-refractivity contribution in [2.75, 3.05) is 7.11 Å². The number of carbonyl (C=O) groups excluding carboxylic acids is 2. The van der Waals surface area contributed by atoms with Crippen LogP contribution in [0.4, 0.5) is 0 Å². The van der Waals surface area contributed by atoms with Crippen LogP contribution in [0.15, 0.2) is 24.5 Å². The molecule has 0 bridgehead atoms. The van der Waals surface area contributed by atoms with Gasteiger partial charge in [-0.05, 0) is 29.9 Å². The van der Waals surface area contributed by atoms with Crippen molar-refractivity contribution >= 4 is 11.9 Å². The van der Waals surface area contributed by atoms with Crippen molar-refractivity contribution in [2.45, 2.75) is 45.1 Å². The molecule has 3 unspecified atom stereocenters. The number of rotatable bonds is 7. The first kappa shape index (κ1) is 16.5. The predicted octanol–water partition coefficient (Wildman–Crippen LogP) is 2.28. The number of nitrogens with one attached hydrogen (secondary N) is 1. The molecule has 5 heteroatoms. The van der Waals surface area contributed by atoms with E-state index in [1.165, 1.54) is 7.11 Å². The summed E-state index contributed by atoms with van der Waals surface area (Å²) in [7, 11) is 1.36. The summed E-state index contributed by atoms with van der Waals surface area (Å²) in [5, 5.41) is 2.90. The Morgan fingerprint density at radius 3 is 2.68 bits per heavy atom. The van der Waals surface area contributed by atoms with Crippen molar-refractivity contribution in [2.24, 2.45) is 11.8 Å². The number of aromatic nitrogens is 1. The fourth-order valence-electron chi connectivity index (χ4n) is 2.97. The van der Waals surface area contributed by atoms with E-state index in [1.54, 1.807) is 12.4 Å². The number of hydrogen-bond acceptors (Lipinski definition) is 4. The standard InChI is InChI=1S/C17H24N2O3/c1-4-11(5-2)15(17(21)22-3)19-16(20)14-9-13(14)12-7-6-8-18-10-12/h6-8,10-11,13-15H,4-5,9H2,1-3H3,(H,19,20). The highest BCUT2D eigenvalue weighted by Gasteiger charge is 2.45. The van der Waals surface area contributed by atoms with Gasteiger partial charge in [0.1, 0.15) is 6.04 Å². The van der Waals surface area contributed by atoms with Gasteiger partial charge in [-0.3, -0.25) is 9.78 Å². The van der Waals surface area contributed by atoms with E-state index in [-0.39, 0.29) is 29.6 Å². The number of esters is 1. The third-order valence-corrected chi connectivity index (χ3v) is 4.51. The second-order valence-corrected chi connectivity index (χ2v) is 5.82. The zero-order chi connectivity index (χ0) is 16.1. The van der Waals surface area contributed by atoms with E-state index in [0.717, 1.165) is 24.8 Å². The molecule has 0 radical (unpaired) electrons. The quantitative estimate of drug-likeness (QED) is 0.785. The van der Waals surface area contributed by atoms with Gasteiger partial charge in [0.05, 0.1) is 7.11 Å². The minimum Gasteiger partial charge on any atom is -0.467 e. The summed E-state index contributed by atoms with van der Waals surface area (Å²) in [5.74, 6) is -0.164. The molecule has 0 saturated heterocycles. The maximum atomic E-state index is 12.4. The van der Waals surface area contributed by atoms with Gasteiger partial charge in [0.25, 0.3) is 0 Å². The van der Waals surface area contributed by atoms with Crippen LogP contribution in [-0.2, 0) is 14.3 Å². The van der Waals surface area contributed by atoms with E-state index in [2.05, 4.69) is 10.3 Å². The molecule has 1 saturated carbocycles. The molecule has 0 aliphatic heterocycles. The second kappa shape index (κ2) is 7.38. The molecular formula is C17H24N2O3. The van der Waals surface area contributed by atoms with Crippen molar-refractivity contribution in [1.29, 1.82) is 0 Å². The van der Waals surface area contributed by atoms with Crippen LogP contribution < -0.4 is 5.32 Å². The summed E-state index contributed by atoms with van der Waals surface area (Å²) < 4.78 is 4.85. The Morgan fingerprint density at radius 2 is 2.14 bits per heavy atom. The van der Waals surface area contributed by atoms with Crippen LogP contribution in [0.2, 0.25) is 0 Å². The van der Waals surface area contributed by atoms with E-state index in [9.17, 15) is 9.59 Å². The largest absolute Gasteiger partial charge is 0.467 e. The molecule has 1 aliphatic rings. The van der Waals surface area contributed by atoms with Gasteiger partial charge >= 0.3 is 5.97 Å². The zero-order valence-corrected chi connectivity index (χ0v) is 13.4. The first-order valence-electron chi connectivity index (χ1n) is 7.90. The molecule has 1 amide bonds. The number of amides is 1. The monoisotopic (exact) mass is 304 g/mol. The Balaban J connectivity index is 1.99. The summed E-state index contributed by atoms with van der Waals surface area (Å²) in [6, 6.07) is 3.32. The highest BCUT2D eigenvalue weighted by Crippen LogP contribution is 2.47. The number of hydrogen-bond donors (Lipinski definition) is 1. The molecule has 2 rings (SSSR count). The van der Waals surface area contributed by atoms with Crippen molar-refractivity contribution in [3.8, 4) is 0 Å². The van der Waals surface area contributed by atoms with Gasteiger partial charge in [-0.2, -0.15) is 0 Å². The topological polar surface area (TPSA) is 68.3 Å². The Kier molecular flexibility index (Phi) is 5.52. The fraction of sp³-hybridized carbons (Fsp3) is 0.588. The number of carbonyl (C=O) groups is 2. The molecule has 22 heavy (non-hydrogen) atoms. The van der Waals surface area contributed by atoms with Crippen LogP contribution in [0.3, 0.4) is 0 Å². The maximum absolute atomic E-state index is 12.4. The Hall–Kier alpha value is -1.91. The van der Waals surface area contributed by atoms with Crippen molar-refractivity contribution in [3.63, 3.8) is 0 Å². The highest BCUT2D eigenvalue weighted by molar-refractivity contribution is 5.88. The smallest absolute Gasteiger partial charge is 0.328 e. The van der Waals surface area contributed by atoms with Crippen molar-refractivity contribution < 1.29 is 14.3 Å². The summed E-state index contributed by atoms with van der Waals surface area (Å²) in [5.41, 5.74) is 1.08. The minimum absolute atomic E-state index is 0.0591. The first-order valence-corrected chi connectivity index (χ1v) is 7.90. The molecule has 3 atom stereocenters. The molecule has 120 valence electrons. The highest BCUT2D eigenvalue weighted by atomic mass is 16.5. The van der Waals surface area contributed by atoms with Crippen LogP contribution in [0, 0.1) is 11.8 Å². The normalized spacial score (nSPS) is 21.3. The predicted molar refractivity (Wildman–Crippen MR) is 83.1 cm³/mol. The van der Waals surface area contributed by atoms with Gasteiger partial charge in [-0.25, -0.2) is 4.79 Å². The number of methoxy groups -OCH3 is 1. The summed E-state index contributed by atoms with van der Waals surface area (Å²) in [6.07, 6.45) is 5.99. The van der Waals surface area contributed by atoms with Gasteiger partial charge in [-0.15, -0.1) is 0 Å². The average Bonchev–Trinajstić information content (AvgIpc) is 3.35. The van der Waals surface area contributed by atoms with E-state index in [4.69, 9.17) is 4.74 Å². The van der Waals surface area contributed by atoms with E-state index >= 15 is 0 Å². The van der Waals surface area contributed by atoms with Crippen LogP contribution in [0.1, 0.15) is 44.6 Å². The van der Waals surface area contributed by atoms with Crippen molar-refractivity contribution in [3.05, 3.63) is 30.1 Å². The number of ether oxygens (including phenoxy) is 1. The third kappa shape index (κ3) is 3.64. The summed E-state index contributed by atoms with van der Waals surface area (Å²) >= 11 is 0. The summed E-state index contributed by atoms with van der Waals surface area (Å²) in [4.78, 5) is 28.5. The first-order chi connectivity index (χ1) is 10.6. The van der Waals surface area contributed by atoms with Crippen LogP contribution >= 0.6 is 0 Å². The van der Waals surface area contributed by atoms with Crippen LogP contribution in [0.25, 0.3) is 0 Å². The fourth-order valence-corrected chi connectivity index (χ4v) is 2.97. The lowest BCUT2D eigenvalue weighted by Crippen LogP contribution is -2.47. The molecule has 5 nitrogen and oxygen atoms in total.